The van der Waals surface area contributed by atoms with E-state index in [9.17, 15) is 24.3 Å². The Kier molecular flexibility index (Phi) is 5.87. The number of fused-ring (bicyclic) bond motifs is 4. The van der Waals surface area contributed by atoms with E-state index in [0.29, 0.717) is 22.0 Å². The topological polar surface area (TPSA) is 95.0 Å². The summed E-state index contributed by atoms with van der Waals surface area (Å²) in [7, 11) is 1.35. The van der Waals surface area contributed by atoms with Crippen LogP contribution in [0.25, 0.3) is 0 Å². The number of phenolic OH excluding ortho intramolecular Hbond substituents is 1. The van der Waals surface area contributed by atoms with E-state index in [1.54, 1.807) is 12.1 Å². The van der Waals surface area contributed by atoms with Gasteiger partial charge in [0.1, 0.15) is 5.75 Å². The third kappa shape index (κ3) is 3.24. The maximum atomic E-state index is 13.9. The van der Waals surface area contributed by atoms with Crippen LogP contribution in [0.2, 0.25) is 0 Å². The number of rotatable bonds is 2. The molecule has 0 bridgehead atoms. The minimum absolute atomic E-state index is 0.0389. The molecule has 6 atom stereocenters. The average Bonchev–Trinajstić information content (AvgIpc) is 3.21. The molecule has 0 aromatic heterocycles. The van der Waals surface area contributed by atoms with Gasteiger partial charge in [0.15, 0.2) is 9.75 Å². The Morgan fingerprint density at radius 2 is 1.70 bits per heavy atom. The molecule has 6 rings (SSSR count). The summed E-state index contributed by atoms with van der Waals surface area (Å²) in [5, 5.41) is 10.9. The summed E-state index contributed by atoms with van der Waals surface area (Å²) in [5.41, 5.74) is 1.03. The number of carbonyl (C=O) groups excluding carboxylic acids is 4. The molecule has 0 spiro atoms. The molecule has 196 valence electrons. The molecule has 4 amide bonds. The van der Waals surface area contributed by atoms with Gasteiger partial charge in [-0.1, -0.05) is 46.8 Å². The average molecular weight is 610 g/mol. The van der Waals surface area contributed by atoms with Crippen molar-refractivity contribution in [3.05, 3.63) is 39.9 Å². The minimum atomic E-state index is -1.90. The van der Waals surface area contributed by atoms with Crippen LogP contribution in [-0.2, 0) is 19.2 Å². The molecule has 1 aromatic rings. The standard InChI is InChI=1S/C27H27BrCl2N2O5/c1-31-24(36)26(29)12-18-15(21(27(26,30)25(31)37)17-11-13(28)7-10-19(17)33)8-9-16-20(18)23(35)32(22(16)34)14-5-3-2-4-6-14/h7-8,10-11,14,16,18,20-21,33H,2-6,9,12H2,1H3/t16-,18+,20-,21+,26+,27-/m0/s1. The van der Waals surface area contributed by atoms with E-state index in [1.807, 2.05) is 6.08 Å². The van der Waals surface area contributed by atoms with Crippen molar-refractivity contribution in [3.63, 3.8) is 0 Å². The van der Waals surface area contributed by atoms with Crippen LogP contribution in [0, 0.1) is 17.8 Å². The van der Waals surface area contributed by atoms with E-state index in [-0.39, 0.29) is 30.0 Å². The lowest BCUT2D eigenvalue weighted by atomic mass is 9.56. The summed E-state index contributed by atoms with van der Waals surface area (Å²) in [6, 6.07) is 4.72. The quantitative estimate of drug-likeness (QED) is 0.303. The summed E-state index contributed by atoms with van der Waals surface area (Å²) in [6.45, 7) is 0. The van der Waals surface area contributed by atoms with Crippen molar-refractivity contribution in [2.45, 2.75) is 66.7 Å². The molecule has 1 aromatic carbocycles. The van der Waals surface area contributed by atoms with Crippen molar-refractivity contribution < 1.29 is 24.3 Å². The first-order valence-electron chi connectivity index (χ1n) is 12.8. The van der Waals surface area contributed by atoms with Crippen molar-refractivity contribution in [3.8, 4) is 5.75 Å². The van der Waals surface area contributed by atoms with E-state index in [0.717, 1.165) is 37.0 Å². The SMILES string of the molecule is CN1C(=O)[C@]2(Cl)C[C@@H]3C(=CC[C@@H]4C(=O)N(C5CCCCC5)C(=O)[C@@H]43)[C@H](c3cc(Br)ccc3O)[C@]2(Cl)C1=O. The van der Waals surface area contributed by atoms with Gasteiger partial charge in [0.25, 0.3) is 11.8 Å². The fourth-order valence-electron chi connectivity index (χ4n) is 7.57. The van der Waals surface area contributed by atoms with Crippen molar-refractivity contribution >= 4 is 62.8 Å². The highest BCUT2D eigenvalue weighted by Crippen LogP contribution is 2.66. The predicted molar refractivity (Wildman–Crippen MR) is 140 cm³/mol. The van der Waals surface area contributed by atoms with E-state index >= 15 is 0 Å². The number of phenols is 1. The molecule has 0 unspecified atom stereocenters. The van der Waals surface area contributed by atoms with Crippen LogP contribution < -0.4 is 0 Å². The van der Waals surface area contributed by atoms with Gasteiger partial charge < -0.3 is 5.11 Å². The number of aromatic hydroxyl groups is 1. The molecule has 2 saturated carbocycles. The first-order chi connectivity index (χ1) is 17.5. The van der Waals surface area contributed by atoms with Gasteiger partial charge in [-0.15, -0.1) is 23.2 Å². The Morgan fingerprint density at radius 1 is 1.00 bits per heavy atom. The molecule has 7 nitrogen and oxygen atoms in total. The highest BCUT2D eigenvalue weighted by Gasteiger charge is 2.76. The molecular weight excluding hydrogens is 583 g/mol. The van der Waals surface area contributed by atoms with Crippen molar-refractivity contribution in [2.75, 3.05) is 7.05 Å². The molecule has 37 heavy (non-hydrogen) atoms. The number of carbonyl (C=O) groups is 4. The third-order valence-corrected chi connectivity index (χ3v) is 11.2. The van der Waals surface area contributed by atoms with Crippen molar-refractivity contribution in [1.82, 2.24) is 9.80 Å². The predicted octanol–water partition coefficient (Wildman–Crippen LogP) is 4.48. The number of amides is 4. The number of benzene rings is 1. The van der Waals surface area contributed by atoms with Gasteiger partial charge in [0, 0.05) is 29.0 Å². The van der Waals surface area contributed by atoms with Gasteiger partial charge in [-0.05, 0) is 49.8 Å². The minimum Gasteiger partial charge on any atom is -0.508 e. The normalized spacial score (nSPS) is 38.0. The second kappa shape index (κ2) is 8.55. The Hall–Kier alpha value is -1.90. The molecule has 2 aliphatic heterocycles. The number of alkyl halides is 2. The van der Waals surface area contributed by atoms with E-state index in [4.69, 9.17) is 23.2 Å². The fourth-order valence-corrected chi connectivity index (χ4v) is 8.96. The number of imide groups is 2. The summed E-state index contributed by atoms with van der Waals surface area (Å²) in [6.07, 6.45) is 6.86. The number of nitrogens with zero attached hydrogens (tertiary/aromatic N) is 2. The Balaban J connectivity index is 1.51. The summed E-state index contributed by atoms with van der Waals surface area (Å²) < 4.78 is 0.651. The van der Waals surface area contributed by atoms with Gasteiger partial charge in [-0.3, -0.25) is 29.0 Å². The molecular formula is C27H27BrCl2N2O5. The first-order valence-corrected chi connectivity index (χ1v) is 14.3. The summed E-state index contributed by atoms with van der Waals surface area (Å²) >= 11 is 17.7. The van der Waals surface area contributed by atoms with Crippen LogP contribution in [-0.4, -0.2) is 61.4 Å². The van der Waals surface area contributed by atoms with Crippen LogP contribution in [0.3, 0.4) is 0 Å². The fraction of sp³-hybridized carbons (Fsp3) is 0.556. The zero-order valence-corrected chi connectivity index (χ0v) is 23.4. The summed E-state index contributed by atoms with van der Waals surface area (Å²) in [5.74, 6) is -4.49. The molecule has 2 saturated heterocycles. The smallest absolute Gasteiger partial charge is 0.253 e. The Morgan fingerprint density at radius 3 is 2.41 bits per heavy atom. The van der Waals surface area contributed by atoms with Crippen LogP contribution in [0.4, 0.5) is 0 Å². The van der Waals surface area contributed by atoms with Gasteiger partial charge >= 0.3 is 0 Å². The van der Waals surface area contributed by atoms with Crippen LogP contribution in [0.15, 0.2) is 34.3 Å². The van der Waals surface area contributed by atoms with Crippen molar-refractivity contribution in [1.29, 1.82) is 0 Å². The molecule has 0 radical (unpaired) electrons. The third-order valence-electron chi connectivity index (χ3n) is 9.29. The lowest BCUT2D eigenvalue weighted by Crippen LogP contribution is -2.60. The summed E-state index contributed by atoms with van der Waals surface area (Å²) in [4.78, 5) is 53.2. The number of halogens is 3. The first kappa shape index (κ1) is 25.4. The van der Waals surface area contributed by atoms with Crippen molar-refractivity contribution in [2.24, 2.45) is 17.8 Å². The van der Waals surface area contributed by atoms with Crippen LogP contribution >= 0.6 is 39.1 Å². The van der Waals surface area contributed by atoms with Gasteiger partial charge in [0.2, 0.25) is 11.8 Å². The second-order valence-corrected chi connectivity index (χ2v) is 13.2. The molecule has 3 aliphatic carbocycles. The second-order valence-electron chi connectivity index (χ2n) is 11.0. The molecule has 4 fully saturated rings. The van der Waals surface area contributed by atoms with Crippen LogP contribution in [0.1, 0.15) is 56.4 Å². The highest BCUT2D eigenvalue weighted by atomic mass is 79.9. The van der Waals surface area contributed by atoms with E-state index in [1.165, 1.54) is 18.0 Å². The molecule has 1 N–H and O–H groups in total. The maximum absolute atomic E-state index is 13.9. The Bertz CT molecular complexity index is 1280. The molecule has 2 heterocycles. The lowest BCUT2D eigenvalue weighted by Gasteiger charge is -2.50. The lowest BCUT2D eigenvalue weighted by molar-refractivity contribution is -0.144. The Labute approximate surface area is 233 Å². The van der Waals surface area contributed by atoms with Crippen LogP contribution in [0.5, 0.6) is 5.75 Å². The van der Waals surface area contributed by atoms with Gasteiger partial charge in [-0.2, -0.15) is 0 Å². The maximum Gasteiger partial charge on any atom is 0.253 e. The monoisotopic (exact) mass is 608 g/mol. The van der Waals surface area contributed by atoms with Gasteiger partial charge in [-0.25, -0.2) is 0 Å². The highest BCUT2D eigenvalue weighted by molar-refractivity contribution is 9.10. The molecule has 5 aliphatic rings. The number of hydrogen-bond acceptors (Lipinski definition) is 5. The van der Waals surface area contributed by atoms with E-state index in [2.05, 4.69) is 15.9 Å². The number of hydrogen-bond donors (Lipinski definition) is 1. The zero-order chi connectivity index (χ0) is 26.4. The van der Waals surface area contributed by atoms with Gasteiger partial charge in [0.05, 0.1) is 11.8 Å². The number of allylic oxidation sites excluding steroid dienone is 2. The largest absolute Gasteiger partial charge is 0.508 e. The molecule has 10 heteroatoms. The van der Waals surface area contributed by atoms with E-state index < -0.39 is 45.2 Å². The zero-order valence-electron chi connectivity index (χ0n) is 20.3. The number of likely N-dealkylation sites (tertiary alicyclic amines) is 2.